The molecule has 0 N–H and O–H groups in total. The molecule has 3 nitrogen and oxygen atoms in total. The first kappa shape index (κ1) is 14.6. The number of hydrogen-bond acceptors (Lipinski definition) is 2. The third-order valence-electron chi connectivity index (χ3n) is 4.28. The van der Waals surface area contributed by atoms with Crippen molar-refractivity contribution < 1.29 is 0 Å². The summed E-state index contributed by atoms with van der Waals surface area (Å²) in [5.74, 6) is 0. The van der Waals surface area contributed by atoms with E-state index < -0.39 is 0 Å². The maximum Gasteiger partial charge on any atom is 0.137 e. The molecule has 0 atom stereocenters. The molecule has 0 radical (unpaired) electrons. The lowest BCUT2D eigenvalue weighted by Gasteiger charge is -2.09. The number of nitrogens with zero attached hydrogens (tertiary/aromatic N) is 3. The molecule has 0 fully saturated rings. The Morgan fingerprint density at radius 1 is 0.917 bits per heavy atom. The molecule has 0 spiro atoms. The predicted octanol–water partition coefficient (Wildman–Crippen LogP) is 4.73. The third kappa shape index (κ3) is 3.20. The molecule has 1 aliphatic carbocycles. The van der Waals surface area contributed by atoms with Gasteiger partial charge in [-0.05, 0) is 46.7 Å². The molecule has 0 bridgehead atoms. The maximum atomic E-state index is 4.17. The second-order valence-electron chi connectivity index (χ2n) is 6.01. The fourth-order valence-electron chi connectivity index (χ4n) is 3.03. The van der Waals surface area contributed by atoms with Crippen molar-refractivity contribution in [3.8, 4) is 11.1 Å². The van der Waals surface area contributed by atoms with Crippen LogP contribution < -0.4 is 0 Å². The topological polar surface area (TPSA) is 30.7 Å². The largest absolute Gasteiger partial charge is 0.249 e. The number of aromatic nitrogens is 3. The second kappa shape index (κ2) is 6.67. The zero-order valence-electron chi connectivity index (χ0n) is 13.5. The monoisotopic (exact) mass is 313 g/mol. The fourth-order valence-corrected chi connectivity index (χ4v) is 3.03. The molecule has 3 aromatic rings. The molecule has 0 aliphatic heterocycles. The molecular weight excluding hydrogens is 294 g/mol. The molecule has 24 heavy (non-hydrogen) atoms. The highest BCUT2D eigenvalue weighted by Gasteiger charge is 2.04. The summed E-state index contributed by atoms with van der Waals surface area (Å²) in [6.07, 6.45) is 12.4. The van der Waals surface area contributed by atoms with E-state index in [9.17, 15) is 0 Å². The van der Waals surface area contributed by atoms with Crippen LogP contribution in [0.4, 0.5) is 0 Å². The van der Waals surface area contributed by atoms with Gasteiger partial charge in [0.25, 0.3) is 0 Å². The first-order valence-corrected chi connectivity index (χ1v) is 8.27. The quantitative estimate of drug-likeness (QED) is 0.697. The fraction of sp³-hybridized carbons (Fsp3) is 0.143. The van der Waals surface area contributed by atoms with Crippen LogP contribution in [-0.4, -0.2) is 14.8 Å². The van der Waals surface area contributed by atoms with Gasteiger partial charge in [0, 0.05) is 0 Å². The van der Waals surface area contributed by atoms with E-state index in [1.54, 1.807) is 12.7 Å². The molecule has 0 saturated heterocycles. The van der Waals surface area contributed by atoms with Gasteiger partial charge in [0.2, 0.25) is 0 Å². The number of allylic oxidation sites excluding steroid dienone is 4. The zero-order valence-corrected chi connectivity index (χ0v) is 13.5. The lowest BCUT2D eigenvalue weighted by molar-refractivity contribution is 0.685. The van der Waals surface area contributed by atoms with Gasteiger partial charge >= 0.3 is 0 Å². The summed E-state index contributed by atoms with van der Waals surface area (Å²) in [5, 5.41) is 4.17. The van der Waals surface area contributed by atoms with Gasteiger partial charge in [-0.1, -0.05) is 60.7 Å². The molecule has 1 aromatic heterocycles. The van der Waals surface area contributed by atoms with Gasteiger partial charge in [-0.2, -0.15) is 5.10 Å². The maximum absolute atomic E-state index is 4.17. The Morgan fingerprint density at radius 3 is 2.54 bits per heavy atom. The summed E-state index contributed by atoms with van der Waals surface area (Å²) >= 11 is 0. The highest BCUT2D eigenvalue weighted by Crippen LogP contribution is 2.26. The number of rotatable bonds is 4. The Bertz CT molecular complexity index is 872. The van der Waals surface area contributed by atoms with E-state index in [1.807, 2.05) is 4.68 Å². The van der Waals surface area contributed by atoms with Crippen LogP contribution in [0.25, 0.3) is 16.7 Å². The van der Waals surface area contributed by atoms with Gasteiger partial charge in [0.05, 0.1) is 6.54 Å². The van der Waals surface area contributed by atoms with E-state index in [1.165, 1.54) is 27.8 Å². The van der Waals surface area contributed by atoms with Crippen molar-refractivity contribution in [1.82, 2.24) is 14.8 Å². The van der Waals surface area contributed by atoms with E-state index in [-0.39, 0.29) is 0 Å². The molecule has 4 rings (SSSR count). The molecular formula is C21H19N3. The minimum Gasteiger partial charge on any atom is -0.249 e. The first-order chi connectivity index (χ1) is 11.9. The second-order valence-corrected chi connectivity index (χ2v) is 6.01. The first-order valence-electron chi connectivity index (χ1n) is 8.27. The predicted molar refractivity (Wildman–Crippen MR) is 97.4 cm³/mol. The number of hydrogen-bond donors (Lipinski definition) is 0. The van der Waals surface area contributed by atoms with Gasteiger partial charge in [-0.3, -0.25) is 0 Å². The Balaban J connectivity index is 1.57. The molecule has 1 heterocycles. The van der Waals surface area contributed by atoms with Crippen molar-refractivity contribution >= 4 is 5.57 Å². The van der Waals surface area contributed by atoms with Crippen molar-refractivity contribution in [3.63, 3.8) is 0 Å². The highest BCUT2D eigenvalue weighted by atomic mass is 15.3. The van der Waals surface area contributed by atoms with Crippen LogP contribution in [0, 0.1) is 0 Å². The van der Waals surface area contributed by atoms with Gasteiger partial charge in [0.1, 0.15) is 12.7 Å². The summed E-state index contributed by atoms with van der Waals surface area (Å²) in [7, 11) is 0. The molecule has 0 saturated carbocycles. The molecule has 0 unspecified atom stereocenters. The smallest absolute Gasteiger partial charge is 0.137 e. The van der Waals surface area contributed by atoms with Gasteiger partial charge in [0.15, 0.2) is 0 Å². The Morgan fingerprint density at radius 2 is 1.79 bits per heavy atom. The van der Waals surface area contributed by atoms with E-state index in [0.29, 0.717) is 0 Å². The van der Waals surface area contributed by atoms with Crippen molar-refractivity contribution in [2.45, 2.75) is 19.4 Å². The van der Waals surface area contributed by atoms with Gasteiger partial charge in [-0.25, -0.2) is 9.67 Å². The van der Waals surface area contributed by atoms with E-state index in [0.717, 1.165) is 19.4 Å². The van der Waals surface area contributed by atoms with Crippen LogP contribution in [0.15, 0.2) is 79.4 Å². The van der Waals surface area contributed by atoms with Crippen LogP contribution in [0.3, 0.4) is 0 Å². The van der Waals surface area contributed by atoms with Crippen LogP contribution in [-0.2, 0) is 6.54 Å². The summed E-state index contributed by atoms with van der Waals surface area (Å²) in [6, 6.07) is 17.4. The van der Waals surface area contributed by atoms with Crippen LogP contribution in [0.2, 0.25) is 0 Å². The van der Waals surface area contributed by atoms with E-state index >= 15 is 0 Å². The van der Waals surface area contributed by atoms with Gasteiger partial charge in [-0.15, -0.1) is 0 Å². The summed E-state index contributed by atoms with van der Waals surface area (Å²) in [4.78, 5) is 3.99. The Labute approximate surface area is 142 Å². The van der Waals surface area contributed by atoms with Crippen LogP contribution in [0.1, 0.15) is 24.0 Å². The lowest BCUT2D eigenvalue weighted by Crippen LogP contribution is -1.99. The third-order valence-corrected chi connectivity index (χ3v) is 4.28. The molecule has 3 heteroatoms. The summed E-state index contributed by atoms with van der Waals surface area (Å²) in [5.41, 5.74) is 6.30. The normalized spacial score (nSPS) is 13.8. The van der Waals surface area contributed by atoms with Crippen molar-refractivity contribution in [2.24, 2.45) is 0 Å². The standard InChI is InChI=1S/C21H19N3/c1-2-6-18(7-3-1)19-9-11-20(12-10-19)21-8-4-5-17(13-21)14-24-16-22-15-23-24/h2,4-13,15-16H,1,3,14H2. The Kier molecular flexibility index (Phi) is 4.07. The summed E-state index contributed by atoms with van der Waals surface area (Å²) in [6.45, 7) is 0.740. The minimum absolute atomic E-state index is 0.740. The average Bonchev–Trinajstić information content (AvgIpc) is 3.16. The number of benzene rings is 2. The van der Waals surface area contributed by atoms with Crippen molar-refractivity contribution in [2.75, 3.05) is 0 Å². The molecule has 118 valence electrons. The SMILES string of the molecule is C1=CC(c2ccc(-c3cccc(Cn4cncn4)c3)cc2)=CCC1. The van der Waals surface area contributed by atoms with E-state index in [2.05, 4.69) is 76.8 Å². The zero-order chi connectivity index (χ0) is 16.2. The lowest BCUT2D eigenvalue weighted by atomic mass is 9.96. The van der Waals surface area contributed by atoms with Crippen molar-refractivity contribution in [3.05, 3.63) is 90.5 Å². The summed E-state index contributed by atoms with van der Waals surface area (Å²) < 4.78 is 1.84. The van der Waals surface area contributed by atoms with E-state index in [4.69, 9.17) is 0 Å². The average molecular weight is 313 g/mol. The van der Waals surface area contributed by atoms with Crippen molar-refractivity contribution in [1.29, 1.82) is 0 Å². The van der Waals surface area contributed by atoms with Crippen LogP contribution >= 0.6 is 0 Å². The molecule has 2 aromatic carbocycles. The van der Waals surface area contributed by atoms with Crippen LogP contribution in [0.5, 0.6) is 0 Å². The highest BCUT2D eigenvalue weighted by molar-refractivity contribution is 5.76. The molecule has 1 aliphatic rings. The van der Waals surface area contributed by atoms with Gasteiger partial charge < -0.3 is 0 Å². The molecule has 0 amide bonds. The Hall–Kier alpha value is -2.94. The minimum atomic E-state index is 0.740.